The SMILES string of the molecule is O=[N+]([O-])/C=C\c1ccc(-c2ccc(F)cc2)cc1F. The van der Waals surface area contributed by atoms with Gasteiger partial charge in [0.1, 0.15) is 11.6 Å². The summed E-state index contributed by atoms with van der Waals surface area (Å²) in [5.41, 5.74) is 1.38. The summed E-state index contributed by atoms with van der Waals surface area (Å²) < 4.78 is 26.5. The predicted molar refractivity (Wildman–Crippen MR) is 67.8 cm³/mol. The molecule has 0 aliphatic carbocycles. The molecule has 0 unspecified atom stereocenters. The van der Waals surface area contributed by atoms with E-state index in [-0.39, 0.29) is 11.4 Å². The Morgan fingerprint density at radius 1 is 1.00 bits per heavy atom. The highest BCUT2D eigenvalue weighted by atomic mass is 19.1. The van der Waals surface area contributed by atoms with Gasteiger partial charge in [-0.15, -0.1) is 0 Å². The van der Waals surface area contributed by atoms with Gasteiger partial charge in [-0.05, 0) is 29.3 Å². The summed E-state index contributed by atoms with van der Waals surface area (Å²) in [6, 6.07) is 9.96. The molecule has 2 rings (SSSR count). The average molecular weight is 261 g/mol. The van der Waals surface area contributed by atoms with E-state index < -0.39 is 10.7 Å². The van der Waals surface area contributed by atoms with Crippen LogP contribution in [0.1, 0.15) is 5.56 Å². The third kappa shape index (κ3) is 3.22. The van der Waals surface area contributed by atoms with Crippen LogP contribution >= 0.6 is 0 Å². The van der Waals surface area contributed by atoms with E-state index in [1.54, 1.807) is 6.07 Å². The van der Waals surface area contributed by atoms with Crippen molar-refractivity contribution in [3.63, 3.8) is 0 Å². The zero-order valence-electron chi connectivity index (χ0n) is 9.72. The average Bonchev–Trinajstić information content (AvgIpc) is 2.38. The fourth-order valence-corrected chi connectivity index (χ4v) is 1.63. The molecular weight excluding hydrogens is 252 g/mol. The zero-order chi connectivity index (χ0) is 13.8. The van der Waals surface area contributed by atoms with E-state index in [9.17, 15) is 18.9 Å². The van der Waals surface area contributed by atoms with Crippen molar-refractivity contribution in [1.29, 1.82) is 0 Å². The van der Waals surface area contributed by atoms with Crippen molar-refractivity contribution in [1.82, 2.24) is 0 Å². The third-order valence-electron chi connectivity index (χ3n) is 2.55. The Bertz CT molecular complexity index is 636. The Labute approximate surface area is 108 Å². The number of halogens is 2. The number of rotatable bonds is 3. The van der Waals surface area contributed by atoms with Crippen molar-refractivity contribution in [3.8, 4) is 11.1 Å². The van der Waals surface area contributed by atoms with Gasteiger partial charge in [-0.1, -0.05) is 24.3 Å². The van der Waals surface area contributed by atoms with Crippen LogP contribution in [0.25, 0.3) is 17.2 Å². The Hall–Kier alpha value is -2.56. The molecule has 0 aliphatic heterocycles. The van der Waals surface area contributed by atoms with E-state index in [0.717, 1.165) is 6.08 Å². The van der Waals surface area contributed by atoms with Crippen LogP contribution in [-0.4, -0.2) is 4.92 Å². The standard InChI is InChI=1S/C14H9F2NO2/c15-13-5-3-10(4-6-13)12-2-1-11(14(16)9-12)7-8-17(18)19/h1-9H/b8-7-. The van der Waals surface area contributed by atoms with E-state index in [1.807, 2.05) is 0 Å². The first-order valence-electron chi connectivity index (χ1n) is 5.43. The smallest absolute Gasteiger partial charge is 0.235 e. The lowest BCUT2D eigenvalue weighted by atomic mass is 10.0. The molecule has 0 saturated heterocycles. The molecule has 0 radical (unpaired) electrons. The molecule has 2 aromatic carbocycles. The topological polar surface area (TPSA) is 43.1 Å². The summed E-state index contributed by atoms with van der Waals surface area (Å²) in [5.74, 6) is -0.935. The Kier molecular flexibility index (Phi) is 3.66. The first-order chi connectivity index (χ1) is 9.06. The summed E-state index contributed by atoms with van der Waals surface area (Å²) in [5, 5.41) is 10.2. The molecule has 19 heavy (non-hydrogen) atoms. The molecule has 0 N–H and O–H groups in total. The van der Waals surface area contributed by atoms with Crippen molar-refractivity contribution in [2.24, 2.45) is 0 Å². The van der Waals surface area contributed by atoms with E-state index >= 15 is 0 Å². The fraction of sp³-hybridized carbons (Fsp3) is 0. The van der Waals surface area contributed by atoms with Gasteiger partial charge in [0.15, 0.2) is 0 Å². The summed E-state index contributed by atoms with van der Waals surface area (Å²) in [6.07, 6.45) is 1.76. The van der Waals surface area contributed by atoms with E-state index in [2.05, 4.69) is 0 Å². The molecule has 3 nitrogen and oxygen atoms in total. The van der Waals surface area contributed by atoms with Crippen LogP contribution in [-0.2, 0) is 0 Å². The maximum atomic E-state index is 13.7. The second-order valence-corrected chi connectivity index (χ2v) is 3.84. The van der Waals surface area contributed by atoms with Crippen LogP contribution < -0.4 is 0 Å². The zero-order valence-corrected chi connectivity index (χ0v) is 9.72. The van der Waals surface area contributed by atoms with Gasteiger partial charge in [-0.25, -0.2) is 8.78 Å². The van der Waals surface area contributed by atoms with Crippen molar-refractivity contribution < 1.29 is 13.7 Å². The number of nitrogens with zero attached hydrogens (tertiary/aromatic N) is 1. The monoisotopic (exact) mass is 261 g/mol. The van der Waals surface area contributed by atoms with Crippen LogP contribution in [0, 0.1) is 21.7 Å². The van der Waals surface area contributed by atoms with E-state index in [1.165, 1.54) is 36.4 Å². The van der Waals surface area contributed by atoms with Crippen LogP contribution in [0.5, 0.6) is 0 Å². The van der Waals surface area contributed by atoms with Gasteiger partial charge < -0.3 is 0 Å². The van der Waals surface area contributed by atoms with Crippen molar-refractivity contribution in [3.05, 3.63) is 76.0 Å². The molecule has 0 heterocycles. The minimum absolute atomic E-state index is 0.127. The summed E-state index contributed by atoms with van der Waals surface area (Å²) in [4.78, 5) is 9.51. The maximum absolute atomic E-state index is 13.7. The molecule has 0 spiro atoms. The minimum Gasteiger partial charge on any atom is -0.259 e. The van der Waals surface area contributed by atoms with Gasteiger partial charge in [0, 0.05) is 11.6 Å². The van der Waals surface area contributed by atoms with Gasteiger partial charge in [0.25, 0.3) is 0 Å². The van der Waals surface area contributed by atoms with E-state index in [4.69, 9.17) is 0 Å². The fourth-order valence-electron chi connectivity index (χ4n) is 1.63. The molecule has 0 amide bonds. The van der Waals surface area contributed by atoms with Crippen molar-refractivity contribution >= 4 is 6.08 Å². The van der Waals surface area contributed by atoms with E-state index in [0.29, 0.717) is 17.3 Å². The molecule has 0 aliphatic rings. The molecule has 5 heteroatoms. The van der Waals surface area contributed by atoms with Crippen LogP contribution in [0.15, 0.2) is 48.7 Å². The molecule has 0 fully saturated rings. The second-order valence-electron chi connectivity index (χ2n) is 3.84. The normalized spacial score (nSPS) is 10.8. The van der Waals surface area contributed by atoms with Gasteiger partial charge in [-0.3, -0.25) is 10.1 Å². The highest BCUT2D eigenvalue weighted by molar-refractivity contribution is 5.65. The molecule has 2 aromatic rings. The molecule has 0 atom stereocenters. The van der Waals surface area contributed by atoms with Gasteiger partial charge in [0.2, 0.25) is 6.20 Å². The largest absolute Gasteiger partial charge is 0.259 e. The third-order valence-corrected chi connectivity index (χ3v) is 2.55. The van der Waals surface area contributed by atoms with Gasteiger partial charge in [0.05, 0.1) is 4.92 Å². The Balaban J connectivity index is 2.33. The first-order valence-corrected chi connectivity index (χ1v) is 5.43. The highest BCUT2D eigenvalue weighted by Gasteiger charge is 2.04. The minimum atomic E-state index is -0.659. The van der Waals surface area contributed by atoms with Crippen LogP contribution in [0.4, 0.5) is 8.78 Å². The van der Waals surface area contributed by atoms with Gasteiger partial charge in [-0.2, -0.15) is 0 Å². The van der Waals surface area contributed by atoms with Crippen LogP contribution in [0.3, 0.4) is 0 Å². The number of nitro groups is 1. The number of hydrogen-bond acceptors (Lipinski definition) is 2. The van der Waals surface area contributed by atoms with Crippen LogP contribution in [0.2, 0.25) is 0 Å². The first kappa shape index (κ1) is 12.9. The van der Waals surface area contributed by atoms with Gasteiger partial charge >= 0.3 is 0 Å². The van der Waals surface area contributed by atoms with Crippen molar-refractivity contribution in [2.45, 2.75) is 0 Å². The van der Waals surface area contributed by atoms with Crippen molar-refractivity contribution in [2.75, 3.05) is 0 Å². The lowest BCUT2D eigenvalue weighted by Gasteiger charge is -2.03. The summed E-state index contributed by atoms with van der Waals surface area (Å²) in [6.45, 7) is 0. The quantitative estimate of drug-likeness (QED) is 0.621. The summed E-state index contributed by atoms with van der Waals surface area (Å²) >= 11 is 0. The maximum Gasteiger partial charge on any atom is 0.235 e. The molecule has 96 valence electrons. The molecule has 0 saturated carbocycles. The second kappa shape index (κ2) is 5.39. The Morgan fingerprint density at radius 2 is 1.63 bits per heavy atom. The number of hydrogen-bond donors (Lipinski definition) is 0. The predicted octanol–water partition coefficient (Wildman–Crippen LogP) is 3.88. The molecule has 0 aromatic heterocycles. The Morgan fingerprint density at radius 3 is 2.21 bits per heavy atom. The lowest BCUT2D eigenvalue weighted by molar-refractivity contribution is -0.400. The molecule has 0 bridgehead atoms. The molecular formula is C14H9F2NO2. The lowest BCUT2D eigenvalue weighted by Crippen LogP contribution is -1.87. The number of benzene rings is 2. The highest BCUT2D eigenvalue weighted by Crippen LogP contribution is 2.22. The summed E-state index contributed by atoms with van der Waals surface area (Å²) in [7, 11) is 0.